The van der Waals surface area contributed by atoms with Crippen molar-refractivity contribution in [2.75, 3.05) is 0 Å². The average Bonchev–Trinajstić information content (AvgIpc) is 3.08. The molecule has 0 unspecified atom stereocenters. The number of fused-ring (bicyclic) bond motifs is 4. The van der Waals surface area contributed by atoms with Gasteiger partial charge in [0, 0.05) is 13.0 Å². The Labute approximate surface area is 104 Å². The fourth-order valence-corrected chi connectivity index (χ4v) is 3.12. The molecule has 1 atom stereocenters. The molecule has 2 aliphatic heterocycles. The lowest BCUT2D eigenvalue weighted by atomic mass is 9.88. The van der Waals surface area contributed by atoms with Gasteiger partial charge in [0.05, 0.1) is 36.5 Å². The fraction of sp³-hybridized carbons (Fsp3) is 0.286. The first-order valence-corrected chi connectivity index (χ1v) is 6.01. The van der Waals surface area contributed by atoms with Crippen LogP contribution in [0.15, 0.2) is 30.7 Å². The molecule has 0 bridgehead atoms. The lowest BCUT2D eigenvalue weighted by Crippen LogP contribution is -2.23. The maximum Gasteiger partial charge on any atom is 0.137 e. The van der Waals surface area contributed by atoms with E-state index in [2.05, 4.69) is 15.6 Å². The molecule has 0 saturated carbocycles. The predicted octanol–water partition coefficient (Wildman–Crippen LogP) is 1.93. The SMILES string of the molecule is N#Cc1ccc2c(c1)CO[C@]21CCn2cncc21. The highest BCUT2D eigenvalue weighted by atomic mass is 16.5. The van der Waals surface area contributed by atoms with E-state index in [1.807, 2.05) is 30.7 Å². The van der Waals surface area contributed by atoms with E-state index < -0.39 is 0 Å². The van der Waals surface area contributed by atoms with Gasteiger partial charge >= 0.3 is 0 Å². The van der Waals surface area contributed by atoms with E-state index in [0.29, 0.717) is 12.2 Å². The summed E-state index contributed by atoms with van der Waals surface area (Å²) in [7, 11) is 0. The summed E-state index contributed by atoms with van der Waals surface area (Å²) in [5.74, 6) is 0. The molecule has 1 aromatic carbocycles. The normalized spacial score (nSPS) is 23.9. The van der Waals surface area contributed by atoms with Crippen LogP contribution in [0, 0.1) is 11.3 Å². The largest absolute Gasteiger partial charge is 0.359 e. The highest BCUT2D eigenvalue weighted by Crippen LogP contribution is 2.47. The van der Waals surface area contributed by atoms with Gasteiger partial charge in [0.25, 0.3) is 0 Å². The first-order valence-electron chi connectivity index (χ1n) is 6.01. The molecule has 1 aromatic heterocycles. The van der Waals surface area contributed by atoms with Crippen molar-refractivity contribution in [2.24, 2.45) is 0 Å². The Kier molecular flexibility index (Phi) is 1.76. The Morgan fingerprint density at radius 2 is 2.39 bits per heavy atom. The Balaban J connectivity index is 1.92. The third-order valence-corrected chi connectivity index (χ3v) is 3.97. The summed E-state index contributed by atoms with van der Waals surface area (Å²) in [4.78, 5) is 4.20. The monoisotopic (exact) mass is 237 g/mol. The van der Waals surface area contributed by atoms with Gasteiger partial charge in [-0.1, -0.05) is 6.07 Å². The lowest BCUT2D eigenvalue weighted by molar-refractivity contribution is -0.00386. The van der Waals surface area contributed by atoms with E-state index in [4.69, 9.17) is 10.00 Å². The van der Waals surface area contributed by atoms with Gasteiger partial charge in [-0.25, -0.2) is 4.98 Å². The first-order chi connectivity index (χ1) is 8.83. The van der Waals surface area contributed by atoms with Crippen LogP contribution >= 0.6 is 0 Å². The predicted molar refractivity (Wildman–Crippen MR) is 63.6 cm³/mol. The van der Waals surface area contributed by atoms with Crippen molar-refractivity contribution < 1.29 is 4.74 Å². The Hall–Kier alpha value is -2.12. The minimum atomic E-state index is -0.334. The zero-order valence-electron chi connectivity index (χ0n) is 9.76. The van der Waals surface area contributed by atoms with Crippen LogP contribution in [0.1, 0.15) is 28.8 Å². The Morgan fingerprint density at radius 1 is 1.44 bits per heavy atom. The molecular formula is C14H11N3O. The van der Waals surface area contributed by atoms with Crippen LogP contribution in [-0.4, -0.2) is 9.55 Å². The minimum Gasteiger partial charge on any atom is -0.359 e. The molecule has 2 aromatic rings. The number of rotatable bonds is 0. The fourth-order valence-electron chi connectivity index (χ4n) is 3.12. The number of aromatic nitrogens is 2. The summed E-state index contributed by atoms with van der Waals surface area (Å²) >= 11 is 0. The quantitative estimate of drug-likeness (QED) is 0.703. The molecule has 3 heterocycles. The van der Waals surface area contributed by atoms with Crippen LogP contribution in [0.3, 0.4) is 0 Å². The Bertz CT molecular complexity index is 683. The van der Waals surface area contributed by atoms with Gasteiger partial charge in [0.2, 0.25) is 0 Å². The second-order valence-electron chi connectivity index (χ2n) is 4.82. The number of ether oxygens (including phenoxy) is 1. The summed E-state index contributed by atoms with van der Waals surface area (Å²) in [6.45, 7) is 1.52. The summed E-state index contributed by atoms with van der Waals surface area (Å²) in [5, 5.41) is 8.95. The van der Waals surface area contributed by atoms with E-state index in [9.17, 15) is 0 Å². The highest BCUT2D eigenvalue weighted by Gasteiger charge is 2.47. The standard InChI is InChI=1S/C14H11N3O/c15-6-10-1-2-12-11(5-10)8-18-14(12)3-4-17-9-16-7-13(14)17/h1-2,5,7,9H,3-4,8H2/t14-/m1/s1. The van der Waals surface area contributed by atoms with Crippen LogP contribution in [-0.2, 0) is 23.5 Å². The van der Waals surface area contributed by atoms with Crippen molar-refractivity contribution in [2.45, 2.75) is 25.2 Å². The summed E-state index contributed by atoms with van der Waals surface area (Å²) in [6.07, 6.45) is 4.69. The van der Waals surface area contributed by atoms with Gasteiger partial charge in [0.1, 0.15) is 5.60 Å². The molecule has 0 N–H and O–H groups in total. The van der Waals surface area contributed by atoms with E-state index >= 15 is 0 Å². The molecule has 0 radical (unpaired) electrons. The van der Waals surface area contributed by atoms with E-state index in [-0.39, 0.29) is 5.60 Å². The number of imidazole rings is 1. The molecule has 2 aliphatic rings. The van der Waals surface area contributed by atoms with Crippen molar-refractivity contribution in [3.8, 4) is 6.07 Å². The number of hydrogen-bond acceptors (Lipinski definition) is 3. The number of aryl methyl sites for hydroxylation is 1. The number of hydrogen-bond donors (Lipinski definition) is 0. The van der Waals surface area contributed by atoms with Crippen LogP contribution in [0.4, 0.5) is 0 Å². The molecular weight excluding hydrogens is 226 g/mol. The van der Waals surface area contributed by atoms with Crippen molar-refractivity contribution in [3.63, 3.8) is 0 Å². The third-order valence-electron chi connectivity index (χ3n) is 3.97. The van der Waals surface area contributed by atoms with Gasteiger partial charge in [-0.15, -0.1) is 0 Å². The molecule has 88 valence electrons. The zero-order valence-corrected chi connectivity index (χ0v) is 9.76. The molecule has 0 amide bonds. The zero-order chi connectivity index (χ0) is 12.2. The molecule has 0 aliphatic carbocycles. The second kappa shape index (κ2) is 3.21. The van der Waals surface area contributed by atoms with Crippen LogP contribution < -0.4 is 0 Å². The Morgan fingerprint density at radius 3 is 3.28 bits per heavy atom. The summed E-state index contributed by atoms with van der Waals surface area (Å²) in [5.41, 5.74) is 3.82. The molecule has 0 saturated heterocycles. The molecule has 0 fully saturated rings. The first kappa shape index (κ1) is 9.86. The van der Waals surface area contributed by atoms with Gasteiger partial charge in [0.15, 0.2) is 0 Å². The summed E-state index contributed by atoms with van der Waals surface area (Å²) in [6, 6.07) is 8.01. The number of nitrogens with zero attached hydrogens (tertiary/aromatic N) is 3. The van der Waals surface area contributed by atoms with E-state index in [1.54, 1.807) is 0 Å². The van der Waals surface area contributed by atoms with Crippen molar-refractivity contribution in [1.82, 2.24) is 9.55 Å². The molecule has 18 heavy (non-hydrogen) atoms. The lowest BCUT2D eigenvalue weighted by Gasteiger charge is -2.23. The number of nitriles is 1. The van der Waals surface area contributed by atoms with E-state index in [0.717, 1.165) is 24.2 Å². The van der Waals surface area contributed by atoms with Crippen molar-refractivity contribution >= 4 is 0 Å². The highest BCUT2D eigenvalue weighted by molar-refractivity contribution is 5.47. The van der Waals surface area contributed by atoms with Crippen molar-refractivity contribution in [3.05, 3.63) is 53.1 Å². The van der Waals surface area contributed by atoms with Crippen LogP contribution in [0.2, 0.25) is 0 Å². The smallest absolute Gasteiger partial charge is 0.137 e. The third kappa shape index (κ3) is 1.05. The molecule has 1 spiro atoms. The topological polar surface area (TPSA) is 50.8 Å². The maximum absolute atomic E-state index is 8.95. The molecule has 4 heteroatoms. The van der Waals surface area contributed by atoms with Crippen LogP contribution in [0.25, 0.3) is 0 Å². The van der Waals surface area contributed by atoms with Gasteiger partial charge < -0.3 is 9.30 Å². The average molecular weight is 237 g/mol. The minimum absolute atomic E-state index is 0.334. The maximum atomic E-state index is 8.95. The molecule has 4 rings (SSSR count). The molecule has 4 nitrogen and oxygen atoms in total. The second-order valence-corrected chi connectivity index (χ2v) is 4.82. The number of benzene rings is 1. The van der Waals surface area contributed by atoms with Crippen LogP contribution in [0.5, 0.6) is 0 Å². The van der Waals surface area contributed by atoms with Gasteiger partial charge in [-0.05, 0) is 23.3 Å². The van der Waals surface area contributed by atoms with E-state index in [1.165, 1.54) is 5.56 Å². The summed E-state index contributed by atoms with van der Waals surface area (Å²) < 4.78 is 8.23. The van der Waals surface area contributed by atoms with Gasteiger partial charge in [-0.3, -0.25) is 0 Å². The van der Waals surface area contributed by atoms with Crippen molar-refractivity contribution in [1.29, 1.82) is 5.26 Å². The van der Waals surface area contributed by atoms with Gasteiger partial charge in [-0.2, -0.15) is 5.26 Å².